The number of aliphatic hydroxyl groups is 1. The minimum Gasteiger partial charge on any atom is -0.448 e. The van der Waals surface area contributed by atoms with E-state index in [0.29, 0.717) is 45.7 Å². The second-order valence-electron chi connectivity index (χ2n) is 9.56. The standard InChI is InChI=1S/C26H29NO6/c28-25(33-16-23-21-7-3-1-5-19(21)20-6-2-4-8-22(20)23)27-17-11-26(29,12-18(27)15-30-14-17)13-24-31-9-10-32-24/h1-8,17-18,23-24,29H,9-16H2. The normalized spacial score (nSPS) is 29.1. The van der Waals surface area contributed by atoms with E-state index in [1.807, 2.05) is 24.3 Å². The van der Waals surface area contributed by atoms with Crippen molar-refractivity contribution >= 4 is 6.09 Å². The maximum Gasteiger partial charge on any atom is 0.410 e. The third kappa shape index (κ3) is 3.83. The minimum atomic E-state index is -0.936. The molecule has 3 fully saturated rings. The molecule has 3 aliphatic heterocycles. The van der Waals surface area contributed by atoms with Crippen LogP contribution in [0.15, 0.2) is 48.5 Å². The molecule has 0 aromatic heterocycles. The minimum absolute atomic E-state index is 0.0239. The van der Waals surface area contributed by atoms with Crippen LogP contribution in [0.4, 0.5) is 4.79 Å². The van der Waals surface area contributed by atoms with Crippen LogP contribution in [-0.4, -0.2) is 73.1 Å². The fourth-order valence-electron chi connectivity index (χ4n) is 6.04. The topological polar surface area (TPSA) is 77.5 Å². The van der Waals surface area contributed by atoms with E-state index in [-0.39, 0.29) is 37.0 Å². The predicted octanol–water partition coefficient (Wildman–Crippen LogP) is 3.29. The number of carbonyl (C=O) groups excluding carboxylic acids is 1. The molecule has 4 aliphatic rings. The zero-order valence-corrected chi connectivity index (χ0v) is 18.5. The Hall–Kier alpha value is -2.45. The lowest BCUT2D eigenvalue weighted by atomic mass is 9.79. The second-order valence-corrected chi connectivity index (χ2v) is 9.56. The monoisotopic (exact) mass is 451 g/mol. The van der Waals surface area contributed by atoms with Crippen LogP contribution in [0.5, 0.6) is 0 Å². The third-order valence-electron chi connectivity index (χ3n) is 7.42. The molecule has 2 bridgehead atoms. The molecule has 2 aromatic rings. The maximum absolute atomic E-state index is 13.3. The highest BCUT2D eigenvalue weighted by Crippen LogP contribution is 2.45. The molecule has 0 radical (unpaired) electrons. The summed E-state index contributed by atoms with van der Waals surface area (Å²) in [7, 11) is 0. The van der Waals surface area contributed by atoms with Gasteiger partial charge in [0.15, 0.2) is 6.29 Å². The first-order chi connectivity index (χ1) is 16.1. The summed E-state index contributed by atoms with van der Waals surface area (Å²) in [4.78, 5) is 15.1. The van der Waals surface area contributed by atoms with Gasteiger partial charge in [-0.05, 0) is 35.1 Å². The highest BCUT2D eigenvalue weighted by Gasteiger charge is 2.50. The molecular weight excluding hydrogens is 422 g/mol. The summed E-state index contributed by atoms with van der Waals surface area (Å²) in [6.07, 6.45) is 0.565. The lowest BCUT2D eigenvalue weighted by Crippen LogP contribution is -2.64. The molecule has 7 nitrogen and oxygen atoms in total. The van der Waals surface area contributed by atoms with E-state index in [1.165, 1.54) is 22.3 Å². The van der Waals surface area contributed by atoms with Gasteiger partial charge in [0.25, 0.3) is 0 Å². The first-order valence-corrected chi connectivity index (χ1v) is 11.8. The number of hydrogen-bond donors (Lipinski definition) is 1. The van der Waals surface area contributed by atoms with Crippen molar-refractivity contribution in [2.24, 2.45) is 0 Å². The van der Waals surface area contributed by atoms with Crippen molar-refractivity contribution in [3.63, 3.8) is 0 Å². The maximum atomic E-state index is 13.3. The summed E-state index contributed by atoms with van der Waals surface area (Å²) in [5.74, 6) is 0.0239. The Balaban J connectivity index is 1.16. The molecule has 7 heteroatoms. The first-order valence-electron chi connectivity index (χ1n) is 11.8. The first kappa shape index (κ1) is 21.1. The number of morpholine rings is 1. The van der Waals surface area contributed by atoms with Gasteiger partial charge in [-0.3, -0.25) is 4.90 Å². The van der Waals surface area contributed by atoms with Gasteiger partial charge in [0.05, 0.1) is 44.1 Å². The lowest BCUT2D eigenvalue weighted by Gasteiger charge is -2.51. The average molecular weight is 452 g/mol. The van der Waals surface area contributed by atoms with Crippen molar-refractivity contribution in [2.45, 2.75) is 49.2 Å². The second kappa shape index (κ2) is 8.40. The van der Waals surface area contributed by atoms with Gasteiger partial charge in [-0.1, -0.05) is 48.5 Å². The van der Waals surface area contributed by atoms with Crippen LogP contribution in [0.3, 0.4) is 0 Å². The number of rotatable bonds is 4. The molecule has 174 valence electrons. The summed E-state index contributed by atoms with van der Waals surface area (Å²) in [6, 6.07) is 16.2. The quantitative estimate of drug-likeness (QED) is 0.769. The number of ether oxygens (including phenoxy) is 4. The molecule has 1 N–H and O–H groups in total. The summed E-state index contributed by atoms with van der Waals surface area (Å²) in [6.45, 7) is 2.20. The van der Waals surface area contributed by atoms with Crippen molar-refractivity contribution < 1.29 is 28.8 Å². The van der Waals surface area contributed by atoms with Gasteiger partial charge in [0, 0.05) is 12.3 Å². The SMILES string of the molecule is O=C(OCC1c2ccccc2-c2ccccc21)N1C2COCC1CC(O)(CC1OCCO1)C2. The Morgan fingerprint density at radius 2 is 1.55 bits per heavy atom. The molecule has 2 aromatic carbocycles. The smallest absolute Gasteiger partial charge is 0.410 e. The molecule has 2 unspecified atom stereocenters. The van der Waals surface area contributed by atoms with Crippen LogP contribution in [0.25, 0.3) is 11.1 Å². The third-order valence-corrected chi connectivity index (χ3v) is 7.42. The number of amides is 1. The molecule has 2 atom stereocenters. The van der Waals surface area contributed by atoms with Crippen molar-refractivity contribution in [1.29, 1.82) is 0 Å². The summed E-state index contributed by atoms with van der Waals surface area (Å²) in [5, 5.41) is 11.3. The number of nitrogens with zero attached hydrogens (tertiary/aromatic N) is 1. The Bertz CT molecular complexity index is 975. The predicted molar refractivity (Wildman–Crippen MR) is 120 cm³/mol. The Morgan fingerprint density at radius 3 is 2.15 bits per heavy atom. The summed E-state index contributed by atoms with van der Waals surface area (Å²) in [5.41, 5.74) is 3.87. The van der Waals surface area contributed by atoms with Crippen LogP contribution in [0.1, 0.15) is 36.3 Å². The van der Waals surface area contributed by atoms with Crippen molar-refractivity contribution in [3.05, 3.63) is 59.7 Å². The molecule has 3 heterocycles. The molecule has 6 rings (SSSR count). The van der Waals surface area contributed by atoms with Gasteiger partial charge in [-0.2, -0.15) is 0 Å². The van der Waals surface area contributed by atoms with Crippen LogP contribution in [0, 0.1) is 0 Å². The lowest BCUT2D eigenvalue weighted by molar-refractivity contribution is -0.164. The van der Waals surface area contributed by atoms with Crippen LogP contribution >= 0.6 is 0 Å². The van der Waals surface area contributed by atoms with Crippen LogP contribution in [-0.2, 0) is 18.9 Å². The van der Waals surface area contributed by atoms with E-state index in [0.717, 1.165) is 0 Å². The zero-order chi connectivity index (χ0) is 22.4. The highest BCUT2D eigenvalue weighted by molar-refractivity contribution is 5.79. The largest absolute Gasteiger partial charge is 0.448 e. The van der Waals surface area contributed by atoms with E-state index in [2.05, 4.69) is 24.3 Å². The number of carbonyl (C=O) groups is 1. The number of fused-ring (bicyclic) bond motifs is 5. The van der Waals surface area contributed by atoms with Crippen LogP contribution < -0.4 is 0 Å². The van der Waals surface area contributed by atoms with Crippen LogP contribution in [0.2, 0.25) is 0 Å². The van der Waals surface area contributed by atoms with Crippen molar-refractivity contribution in [1.82, 2.24) is 4.90 Å². The Morgan fingerprint density at radius 1 is 0.970 bits per heavy atom. The molecular formula is C26H29NO6. The number of piperidine rings is 1. The van der Waals surface area contributed by atoms with E-state index in [9.17, 15) is 9.90 Å². The van der Waals surface area contributed by atoms with Crippen molar-refractivity contribution in [2.75, 3.05) is 33.0 Å². The Kier molecular flexibility index (Phi) is 5.37. The molecule has 33 heavy (non-hydrogen) atoms. The molecule has 3 saturated heterocycles. The molecule has 1 amide bonds. The van der Waals surface area contributed by atoms with Gasteiger partial charge >= 0.3 is 6.09 Å². The van der Waals surface area contributed by atoms with E-state index >= 15 is 0 Å². The number of hydrogen-bond acceptors (Lipinski definition) is 6. The molecule has 0 spiro atoms. The van der Waals surface area contributed by atoms with E-state index in [1.54, 1.807) is 4.90 Å². The fraction of sp³-hybridized carbons (Fsp3) is 0.500. The molecule has 1 aliphatic carbocycles. The van der Waals surface area contributed by atoms with E-state index in [4.69, 9.17) is 18.9 Å². The van der Waals surface area contributed by atoms with E-state index < -0.39 is 5.60 Å². The van der Waals surface area contributed by atoms with Gasteiger partial charge in [-0.25, -0.2) is 4.79 Å². The number of benzene rings is 2. The van der Waals surface area contributed by atoms with Gasteiger partial charge in [0.2, 0.25) is 0 Å². The van der Waals surface area contributed by atoms with Gasteiger partial charge < -0.3 is 24.1 Å². The Labute approximate surface area is 193 Å². The summed E-state index contributed by atoms with van der Waals surface area (Å²) >= 11 is 0. The summed E-state index contributed by atoms with van der Waals surface area (Å²) < 4.78 is 22.7. The fourth-order valence-corrected chi connectivity index (χ4v) is 6.04. The van der Waals surface area contributed by atoms with Crippen molar-refractivity contribution in [3.8, 4) is 11.1 Å². The van der Waals surface area contributed by atoms with Gasteiger partial charge in [0.1, 0.15) is 6.61 Å². The highest BCUT2D eigenvalue weighted by atomic mass is 16.7. The zero-order valence-electron chi connectivity index (χ0n) is 18.5. The van der Waals surface area contributed by atoms with Gasteiger partial charge in [-0.15, -0.1) is 0 Å². The molecule has 0 saturated carbocycles. The average Bonchev–Trinajstić information content (AvgIpc) is 3.42.